The smallest absolute Gasteiger partial charge is 0.146 e. The molecule has 0 spiro atoms. The summed E-state index contributed by atoms with van der Waals surface area (Å²) in [5, 5.41) is 0. The Hall–Kier alpha value is 0.0762. The highest BCUT2D eigenvalue weighted by Crippen LogP contribution is 2.08. The molecule has 1 rings (SSSR count). The molecule has 0 bridgehead atoms. The Kier molecular flexibility index (Phi) is 4.95. The van der Waals surface area contributed by atoms with Gasteiger partial charge in [-0.2, -0.15) is 0 Å². The average Bonchev–Trinajstić information content (AvgIpc) is 1.90. The highest BCUT2D eigenvalue weighted by Gasteiger charge is 1.82. The third-order valence-corrected chi connectivity index (χ3v) is 1.01. The molecule has 1 nitrogen and oxygen atoms in total. The second-order valence-electron chi connectivity index (χ2n) is 1.39. The molecule has 3 heteroatoms. The summed E-state index contributed by atoms with van der Waals surface area (Å²) < 4.78 is 4.39. The first kappa shape index (κ1) is 9.08. The molecule has 0 N–H and O–H groups in total. The normalized spacial score (nSPS) is 7.67. The van der Waals surface area contributed by atoms with E-state index in [1.54, 1.807) is 12.1 Å². The van der Waals surface area contributed by atoms with Crippen LogP contribution in [0.4, 0.5) is 0 Å². The van der Waals surface area contributed by atoms with E-state index in [0.717, 1.165) is 0 Å². The van der Waals surface area contributed by atoms with Crippen LogP contribution < -0.4 is 4.29 Å². The summed E-state index contributed by atoms with van der Waals surface area (Å²) >= 11 is 5.03. The molecular formula is C6H5ClMgO. The van der Waals surface area contributed by atoms with Crippen molar-refractivity contribution in [1.82, 2.24) is 0 Å². The summed E-state index contributed by atoms with van der Waals surface area (Å²) in [5.74, 6) is 0.675. The van der Waals surface area contributed by atoms with Crippen LogP contribution in [0.15, 0.2) is 30.3 Å². The van der Waals surface area contributed by atoms with E-state index in [1.165, 1.54) is 0 Å². The molecule has 0 saturated carbocycles. The first-order valence-corrected chi connectivity index (χ1v) is 2.58. The van der Waals surface area contributed by atoms with E-state index < -0.39 is 0 Å². The molecule has 0 atom stereocenters. The van der Waals surface area contributed by atoms with Crippen molar-refractivity contribution >= 4 is 34.9 Å². The Morgan fingerprint density at radius 1 is 1.11 bits per heavy atom. The molecule has 9 heavy (non-hydrogen) atoms. The lowest BCUT2D eigenvalue weighted by Crippen LogP contribution is -1.69. The zero-order valence-electron chi connectivity index (χ0n) is 4.88. The lowest BCUT2D eigenvalue weighted by Gasteiger charge is -1.89. The third kappa shape index (κ3) is 2.94. The van der Waals surface area contributed by atoms with Gasteiger partial charge < -0.3 is 4.29 Å². The fraction of sp³-hybridized carbons (Fsp3) is 0. The van der Waals surface area contributed by atoms with Crippen LogP contribution in [0.25, 0.3) is 0 Å². The Morgan fingerprint density at radius 2 is 1.67 bits per heavy atom. The van der Waals surface area contributed by atoms with Gasteiger partial charge in [-0.15, -0.1) is 0 Å². The molecular weight excluding hydrogens is 148 g/mol. The summed E-state index contributed by atoms with van der Waals surface area (Å²) in [6, 6.07) is 9.19. The van der Waals surface area contributed by atoms with E-state index in [-0.39, 0.29) is 23.1 Å². The Balaban J connectivity index is 0.000000640. The largest absolute Gasteiger partial charge is 0.386 e. The number of hydrogen-bond donors (Lipinski definition) is 0. The summed E-state index contributed by atoms with van der Waals surface area (Å²) in [7, 11) is 0. The lowest BCUT2D eigenvalue weighted by molar-refractivity contribution is 0.619. The van der Waals surface area contributed by atoms with Crippen LogP contribution in [0.3, 0.4) is 0 Å². The number of rotatable bonds is 1. The topological polar surface area (TPSA) is 9.23 Å². The van der Waals surface area contributed by atoms with Crippen molar-refractivity contribution in [2.24, 2.45) is 0 Å². The van der Waals surface area contributed by atoms with Crippen molar-refractivity contribution < 1.29 is 4.29 Å². The van der Waals surface area contributed by atoms with Crippen LogP contribution in [0.2, 0.25) is 0 Å². The van der Waals surface area contributed by atoms with Crippen LogP contribution in [-0.4, -0.2) is 23.1 Å². The second kappa shape index (κ2) is 4.91. The highest BCUT2D eigenvalue weighted by molar-refractivity contribution is 6.09. The van der Waals surface area contributed by atoms with Crippen molar-refractivity contribution in [2.75, 3.05) is 0 Å². The summed E-state index contributed by atoms with van der Waals surface area (Å²) in [6.07, 6.45) is 0. The summed E-state index contributed by atoms with van der Waals surface area (Å²) in [6.45, 7) is 0. The van der Waals surface area contributed by atoms with Gasteiger partial charge in [0.25, 0.3) is 0 Å². The Bertz CT molecular complexity index is 154. The molecule has 0 fully saturated rings. The van der Waals surface area contributed by atoms with Gasteiger partial charge in [0.15, 0.2) is 0 Å². The average molecular weight is 153 g/mol. The minimum atomic E-state index is 0. The monoisotopic (exact) mass is 152 g/mol. The molecule has 1 aromatic rings. The van der Waals surface area contributed by atoms with Gasteiger partial charge in [-0.3, -0.25) is 0 Å². The molecule has 0 heterocycles. The van der Waals surface area contributed by atoms with Gasteiger partial charge in [-0.1, -0.05) is 18.2 Å². The zero-order chi connectivity index (χ0) is 5.82. The van der Waals surface area contributed by atoms with Crippen molar-refractivity contribution in [3.63, 3.8) is 0 Å². The van der Waals surface area contributed by atoms with E-state index in [4.69, 9.17) is 11.9 Å². The standard InChI is InChI=1S/C6H5ClO.Mg/c7-8-6-4-2-1-3-5-6;/h1-5H;. The van der Waals surface area contributed by atoms with Gasteiger partial charge in [0, 0.05) is 23.1 Å². The lowest BCUT2D eigenvalue weighted by atomic mass is 10.3. The van der Waals surface area contributed by atoms with Crippen molar-refractivity contribution in [1.29, 1.82) is 0 Å². The van der Waals surface area contributed by atoms with E-state index in [2.05, 4.69) is 4.29 Å². The number of hydrogen-bond acceptors (Lipinski definition) is 1. The zero-order valence-corrected chi connectivity index (χ0v) is 7.05. The van der Waals surface area contributed by atoms with Crippen molar-refractivity contribution in [3.05, 3.63) is 30.3 Å². The van der Waals surface area contributed by atoms with Crippen LogP contribution in [-0.2, 0) is 0 Å². The molecule has 1 aromatic carbocycles. The van der Waals surface area contributed by atoms with Crippen LogP contribution in [0.5, 0.6) is 5.75 Å². The maximum absolute atomic E-state index is 5.03. The van der Waals surface area contributed by atoms with Gasteiger partial charge in [0.1, 0.15) is 17.6 Å². The molecule has 0 unspecified atom stereocenters. The van der Waals surface area contributed by atoms with Gasteiger partial charge in [-0.25, -0.2) is 0 Å². The molecule has 0 aliphatic rings. The molecule has 0 aliphatic carbocycles. The molecule has 0 saturated heterocycles. The molecule has 2 radical (unpaired) electrons. The van der Waals surface area contributed by atoms with Crippen molar-refractivity contribution in [2.45, 2.75) is 0 Å². The van der Waals surface area contributed by atoms with Gasteiger partial charge in [-0.05, 0) is 12.1 Å². The van der Waals surface area contributed by atoms with E-state index in [0.29, 0.717) is 5.75 Å². The predicted octanol–water partition coefficient (Wildman–Crippen LogP) is 1.84. The first-order valence-electron chi connectivity index (χ1n) is 2.27. The maximum Gasteiger partial charge on any atom is 0.146 e. The SMILES string of the molecule is ClOc1ccccc1.[Mg]. The fourth-order valence-electron chi connectivity index (χ4n) is 0.472. The van der Waals surface area contributed by atoms with E-state index in [1.807, 2.05) is 18.2 Å². The predicted molar refractivity (Wildman–Crippen MR) is 38.7 cm³/mol. The number of para-hydroxylation sites is 1. The first-order chi connectivity index (χ1) is 3.93. The van der Waals surface area contributed by atoms with E-state index in [9.17, 15) is 0 Å². The quantitative estimate of drug-likeness (QED) is 0.559. The van der Waals surface area contributed by atoms with Gasteiger partial charge in [0.2, 0.25) is 0 Å². The Labute approximate surface area is 75.3 Å². The Morgan fingerprint density at radius 3 is 2.00 bits per heavy atom. The molecule has 44 valence electrons. The molecule has 0 amide bonds. The minimum absolute atomic E-state index is 0. The minimum Gasteiger partial charge on any atom is -0.386 e. The van der Waals surface area contributed by atoms with Crippen LogP contribution in [0.1, 0.15) is 0 Å². The van der Waals surface area contributed by atoms with Crippen LogP contribution in [0, 0.1) is 0 Å². The summed E-state index contributed by atoms with van der Waals surface area (Å²) in [4.78, 5) is 0. The highest BCUT2D eigenvalue weighted by atomic mass is 35.5. The van der Waals surface area contributed by atoms with E-state index >= 15 is 0 Å². The van der Waals surface area contributed by atoms with Gasteiger partial charge >= 0.3 is 0 Å². The summed E-state index contributed by atoms with van der Waals surface area (Å²) in [5.41, 5.74) is 0. The number of halogens is 1. The third-order valence-electron chi connectivity index (χ3n) is 0.832. The number of benzene rings is 1. The second-order valence-corrected chi connectivity index (χ2v) is 1.54. The van der Waals surface area contributed by atoms with Gasteiger partial charge in [0.05, 0.1) is 0 Å². The molecule has 0 aliphatic heterocycles. The fourth-order valence-corrected chi connectivity index (χ4v) is 0.575. The maximum atomic E-state index is 5.03. The molecule has 0 aromatic heterocycles. The van der Waals surface area contributed by atoms with Crippen LogP contribution >= 0.6 is 11.9 Å². The van der Waals surface area contributed by atoms with Crippen molar-refractivity contribution in [3.8, 4) is 5.75 Å².